The second-order valence-corrected chi connectivity index (χ2v) is 6.74. The molecule has 4 rings (SSSR count). The first-order valence-corrected chi connectivity index (χ1v) is 9.54. The van der Waals surface area contributed by atoms with E-state index in [-0.39, 0.29) is 17.9 Å². The van der Waals surface area contributed by atoms with E-state index in [0.717, 1.165) is 0 Å². The lowest BCUT2D eigenvalue weighted by Crippen LogP contribution is -2.29. The summed E-state index contributed by atoms with van der Waals surface area (Å²) in [6, 6.07) is 12.9. The number of carbonyl (C=O) groups excluding carboxylic acids is 2. The minimum Gasteiger partial charge on any atom is -0.507 e. The molecular weight excluding hydrogens is 384 g/mol. The Morgan fingerprint density at radius 3 is 2.50 bits per heavy atom. The van der Waals surface area contributed by atoms with Crippen LogP contribution in [0.15, 0.2) is 77.2 Å². The Hall–Kier alpha value is -3.87. The molecule has 0 bridgehead atoms. The number of benzene rings is 1. The number of ether oxygens (including phenoxy) is 1. The van der Waals surface area contributed by atoms with Gasteiger partial charge in [0.05, 0.1) is 31.0 Å². The fourth-order valence-corrected chi connectivity index (χ4v) is 3.54. The Bertz CT molecular complexity index is 1070. The van der Waals surface area contributed by atoms with Crippen LogP contribution in [0.3, 0.4) is 0 Å². The molecule has 0 spiro atoms. The van der Waals surface area contributed by atoms with E-state index in [1.54, 1.807) is 60.9 Å². The third-order valence-corrected chi connectivity index (χ3v) is 4.91. The van der Waals surface area contributed by atoms with Gasteiger partial charge in [-0.1, -0.05) is 0 Å². The number of hydrogen-bond donors (Lipinski definition) is 1. The molecule has 7 heteroatoms. The lowest BCUT2D eigenvalue weighted by Gasteiger charge is -2.24. The van der Waals surface area contributed by atoms with Crippen LogP contribution in [0, 0.1) is 0 Å². The van der Waals surface area contributed by atoms with Gasteiger partial charge in [-0.15, -0.1) is 0 Å². The Labute approximate surface area is 173 Å². The molecule has 1 unspecified atom stereocenters. The SMILES string of the molecule is CCOc1ccc(/C(O)=C2/C(=O)C(=O)N(Cc3ccco3)C2c2ccncc2)cc1. The molecule has 1 saturated heterocycles. The smallest absolute Gasteiger partial charge is 0.296 e. The van der Waals surface area contributed by atoms with Gasteiger partial charge < -0.3 is 19.2 Å². The summed E-state index contributed by atoms with van der Waals surface area (Å²) in [5.74, 6) is -0.481. The van der Waals surface area contributed by atoms with Gasteiger partial charge in [0.25, 0.3) is 11.7 Å². The van der Waals surface area contributed by atoms with E-state index >= 15 is 0 Å². The van der Waals surface area contributed by atoms with Gasteiger partial charge in [0.1, 0.15) is 17.3 Å². The van der Waals surface area contributed by atoms with Crippen LogP contribution in [-0.2, 0) is 16.1 Å². The van der Waals surface area contributed by atoms with Gasteiger partial charge in [-0.05, 0) is 61.0 Å². The Morgan fingerprint density at radius 1 is 1.13 bits per heavy atom. The minimum atomic E-state index is -0.760. The molecule has 30 heavy (non-hydrogen) atoms. The molecule has 0 radical (unpaired) electrons. The van der Waals surface area contributed by atoms with E-state index in [4.69, 9.17) is 9.15 Å². The number of furan rings is 1. The van der Waals surface area contributed by atoms with Gasteiger partial charge in [0, 0.05) is 18.0 Å². The van der Waals surface area contributed by atoms with Gasteiger partial charge >= 0.3 is 0 Å². The standard InChI is InChI=1S/C23H20N2O5/c1-2-29-17-7-5-16(6-8-17)21(26)19-20(15-9-11-24-12-10-15)25(23(28)22(19)27)14-18-4-3-13-30-18/h3-13,20,26H,2,14H2,1H3/b21-19-. The predicted octanol–water partition coefficient (Wildman–Crippen LogP) is 3.70. The van der Waals surface area contributed by atoms with Gasteiger partial charge in [0.15, 0.2) is 0 Å². The van der Waals surface area contributed by atoms with Crippen molar-refractivity contribution in [3.63, 3.8) is 0 Å². The van der Waals surface area contributed by atoms with Gasteiger partial charge in [-0.25, -0.2) is 0 Å². The quantitative estimate of drug-likeness (QED) is 0.383. The first kappa shape index (κ1) is 19.4. The lowest BCUT2D eigenvalue weighted by atomic mass is 9.96. The monoisotopic (exact) mass is 404 g/mol. The molecule has 1 aliphatic heterocycles. The highest BCUT2D eigenvalue weighted by Crippen LogP contribution is 2.40. The molecule has 3 heterocycles. The molecule has 1 amide bonds. The van der Waals surface area contributed by atoms with E-state index in [0.29, 0.717) is 29.2 Å². The Kier molecular flexibility index (Phi) is 5.34. The molecule has 1 N–H and O–H groups in total. The van der Waals surface area contributed by atoms with Crippen molar-refractivity contribution in [1.82, 2.24) is 9.88 Å². The zero-order chi connectivity index (χ0) is 21.1. The molecule has 7 nitrogen and oxygen atoms in total. The van der Waals surface area contributed by atoms with Crippen LogP contribution < -0.4 is 4.74 Å². The highest BCUT2D eigenvalue weighted by molar-refractivity contribution is 6.46. The third kappa shape index (κ3) is 3.57. The number of hydrogen-bond acceptors (Lipinski definition) is 6. The Balaban J connectivity index is 1.80. The Morgan fingerprint density at radius 2 is 1.87 bits per heavy atom. The maximum atomic E-state index is 12.9. The zero-order valence-electron chi connectivity index (χ0n) is 16.3. The van der Waals surface area contributed by atoms with E-state index in [9.17, 15) is 14.7 Å². The lowest BCUT2D eigenvalue weighted by molar-refractivity contribution is -0.140. The second-order valence-electron chi connectivity index (χ2n) is 6.74. The number of pyridine rings is 1. The summed E-state index contributed by atoms with van der Waals surface area (Å²) in [7, 11) is 0. The summed E-state index contributed by atoms with van der Waals surface area (Å²) in [6.07, 6.45) is 4.67. The molecule has 1 fully saturated rings. The number of carbonyl (C=O) groups is 2. The molecule has 3 aromatic rings. The minimum absolute atomic E-state index is 0.0296. The van der Waals surface area contributed by atoms with Gasteiger partial charge in [-0.3, -0.25) is 14.6 Å². The van der Waals surface area contributed by atoms with Crippen LogP contribution in [-0.4, -0.2) is 33.3 Å². The molecular formula is C23H20N2O5. The summed E-state index contributed by atoms with van der Waals surface area (Å²) < 4.78 is 10.8. The molecule has 2 aromatic heterocycles. The fraction of sp³-hybridized carbons (Fsp3) is 0.174. The van der Waals surface area contributed by atoms with Crippen molar-refractivity contribution in [3.05, 3.63) is 89.6 Å². The molecule has 0 aliphatic carbocycles. The number of Topliss-reactive ketones (excluding diaryl/α,β-unsaturated/α-hetero) is 1. The summed E-state index contributed by atoms with van der Waals surface area (Å²) in [5.41, 5.74) is 1.12. The van der Waals surface area contributed by atoms with Crippen molar-refractivity contribution in [1.29, 1.82) is 0 Å². The fourth-order valence-electron chi connectivity index (χ4n) is 3.54. The second kappa shape index (κ2) is 8.24. The number of rotatable bonds is 6. The van der Waals surface area contributed by atoms with Crippen molar-refractivity contribution in [3.8, 4) is 5.75 Å². The number of aliphatic hydroxyl groups is 1. The number of likely N-dealkylation sites (tertiary alicyclic amines) is 1. The van der Waals surface area contributed by atoms with Crippen LogP contribution in [0.25, 0.3) is 5.76 Å². The van der Waals surface area contributed by atoms with Crippen LogP contribution in [0.5, 0.6) is 5.75 Å². The van der Waals surface area contributed by atoms with Crippen molar-refractivity contribution in [2.75, 3.05) is 6.61 Å². The molecule has 0 saturated carbocycles. The number of amides is 1. The summed E-state index contributed by atoms with van der Waals surface area (Å²) >= 11 is 0. The van der Waals surface area contributed by atoms with Crippen LogP contribution in [0.2, 0.25) is 0 Å². The number of nitrogens with zero attached hydrogens (tertiary/aromatic N) is 2. The van der Waals surface area contributed by atoms with Crippen molar-refractivity contribution in [2.24, 2.45) is 0 Å². The number of aliphatic hydroxyl groups excluding tert-OH is 1. The normalized spacial score (nSPS) is 18.0. The van der Waals surface area contributed by atoms with E-state index in [1.165, 1.54) is 11.2 Å². The van der Waals surface area contributed by atoms with Crippen LogP contribution in [0.1, 0.15) is 29.9 Å². The van der Waals surface area contributed by atoms with Crippen molar-refractivity contribution >= 4 is 17.4 Å². The van der Waals surface area contributed by atoms with Crippen LogP contribution >= 0.6 is 0 Å². The van der Waals surface area contributed by atoms with Crippen molar-refractivity contribution < 1.29 is 23.8 Å². The largest absolute Gasteiger partial charge is 0.507 e. The maximum Gasteiger partial charge on any atom is 0.296 e. The van der Waals surface area contributed by atoms with Crippen molar-refractivity contribution in [2.45, 2.75) is 19.5 Å². The van der Waals surface area contributed by atoms with E-state index < -0.39 is 17.7 Å². The highest BCUT2D eigenvalue weighted by atomic mass is 16.5. The average Bonchev–Trinajstić information content (AvgIpc) is 3.37. The zero-order valence-corrected chi connectivity index (χ0v) is 16.3. The highest BCUT2D eigenvalue weighted by Gasteiger charge is 2.46. The number of ketones is 1. The van der Waals surface area contributed by atoms with E-state index in [2.05, 4.69) is 4.98 Å². The maximum absolute atomic E-state index is 12.9. The summed E-state index contributed by atoms with van der Waals surface area (Å²) in [6.45, 7) is 2.50. The van der Waals surface area contributed by atoms with Crippen LogP contribution in [0.4, 0.5) is 0 Å². The number of aromatic nitrogens is 1. The summed E-state index contributed by atoms with van der Waals surface area (Å²) in [5, 5.41) is 11.0. The van der Waals surface area contributed by atoms with E-state index in [1.807, 2.05) is 6.92 Å². The topological polar surface area (TPSA) is 92.9 Å². The average molecular weight is 404 g/mol. The molecule has 1 aliphatic rings. The van der Waals surface area contributed by atoms with Gasteiger partial charge in [-0.2, -0.15) is 0 Å². The predicted molar refractivity (Wildman–Crippen MR) is 108 cm³/mol. The molecule has 152 valence electrons. The molecule has 1 aromatic carbocycles. The first-order valence-electron chi connectivity index (χ1n) is 9.54. The summed E-state index contributed by atoms with van der Waals surface area (Å²) in [4.78, 5) is 31.2. The third-order valence-electron chi connectivity index (χ3n) is 4.91. The molecule has 1 atom stereocenters. The first-order chi connectivity index (χ1) is 14.6. The van der Waals surface area contributed by atoms with Gasteiger partial charge in [0.2, 0.25) is 0 Å².